The van der Waals surface area contributed by atoms with Gasteiger partial charge in [0, 0.05) is 12.1 Å². The third kappa shape index (κ3) is 3.23. The van der Waals surface area contributed by atoms with Gasteiger partial charge >= 0.3 is 0 Å². The monoisotopic (exact) mass is 226 g/mol. The third-order valence-corrected chi connectivity index (χ3v) is 2.48. The van der Waals surface area contributed by atoms with E-state index >= 15 is 0 Å². The second-order valence-electron chi connectivity index (χ2n) is 4.08. The van der Waals surface area contributed by atoms with Crippen LogP contribution in [-0.4, -0.2) is 14.1 Å². The highest BCUT2D eigenvalue weighted by Gasteiger charge is 1.98. The number of benzene rings is 2. The van der Waals surface area contributed by atoms with E-state index in [0.29, 0.717) is 0 Å². The molecule has 2 aromatic rings. The van der Waals surface area contributed by atoms with Gasteiger partial charge in [0.15, 0.2) is 0 Å². The molecule has 0 bridgehead atoms. The van der Waals surface area contributed by atoms with Gasteiger partial charge in [0.2, 0.25) is 0 Å². The summed E-state index contributed by atoms with van der Waals surface area (Å²) in [6.07, 6.45) is 0. The van der Waals surface area contributed by atoms with Gasteiger partial charge in [0.25, 0.3) is 0 Å². The van der Waals surface area contributed by atoms with E-state index in [0.717, 1.165) is 11.4 Å². The summed E-state index contributed by atoms with van der Waals surface area (Å²) in [4.78, 5) is 1.30. The molecule has 0 aliphatic heterocycles. The molecule has 0 aliphatic carbocycles. The molecule has 0 spiro atoms. The fourth-order valence-corrected chi connectivity index (χ4v) is 1.47. The largest absolute Gasteiger partial charge is 0.307 e. The molecular formula is C14H16N3+. The van der Waals surface area contributed by atoms with Gasteiger partial charge in [-0.3, -0.25) is 0 Å². The van der Waals surface area contributed by atoms with Crippen molar-refractivity contribution in [2.75, 3.05) is 14.1 Å². The summed E-state index contributed by atoms with van der Waals surface area (Å²) < 4.78 is 0. The van der Waals surface area contributed by atoms with Crippen LogP contribution in [0.4, 0.5) is 17.1 Å². The van der Waals surface area contributed by atoms with Crippen LogP contribution in [0, 0.1) is 0 Å². The first-order valence-electron chi connectivity index (χ1n) is 5.63. The van der Waals surface area contributed by atoms with E-state index < -0.39 is 0 Å². The van der Waals surface area contributed by atoms with Crippen molar-refractivity contribution in [3.8, 4) is 0 Å². The van der Waals surface area contributed by atoms with Crippen molar-refractivity contribution in [1.82, 2.24) is 0 Å². The molecule has 0 aromatic heterocycles. The molecule has 0 saturated heterocycles. The highest BCUT2D eigenvalue weighted by molar-refractivity contribution is 5.44. The van der Waals surface area contributed by atoms with Crippen molar-refractivity contribution in [1.29, 1.82) is 0 Å². The molecule has 3 nitrogen and oxygen atoms in total. The lowest BCUT2D eigenvalue weighted by Gasteiger charge is -2.05. The van der Waals surface area contributed by atoms with Gasteiger partial charge in [-0.05, 0) is 24.3 Å². The molecule has 1 N–H and O–H groups in total. The minimum Gasteiger partial charge on any atom is -0.307 e. The molecule has 0 saturated carbocycles. The van der Waals surface area contributed by atoms with E-state index in [9.17, 15) is 0 Å². The van der Waals surface area contributed by atoms with Gasteiger partial charge in [0.05, 0.1) is 25.5 Å². The van der Waals surface area contributed by atoms with E-state index in [1.807, 2.05) is 42.5 Å². The Morgan fingerprint density at radius 1 is 0.706 bits per heavy atom. The summed E-state index contributed by atoms with van der Waals surface area (Å²) in [5, 5.41) is 8.36. The van der Waals surface area contributed by atoms with Gasteiger partial charge in [-0.25, -0.2) is 0 Å². The summed E-state index contributed by atoms with van der Waals surface area (Å²) in [7, 11) is 4.20. The second-order valence-corrected chi connectivity index (χ2v) is 4.08. The lowest BCUT2D eigenvalue weighted by atomic mass is 10.3. The second kappa shape index (κ2) is 5.37. The summed E-state index contributed by atoms with van der Waals surface area (Å²) in [5.41, 5.74) is 2.98. The van der Waals surface area contributed by atoms with Crippen LogP contribution in [-0.2, 0) is 0 Å². The molecule has 17 heavy (non-hydrogen) atoms. The number of hydrogen-bond donors (Lipinski definition) is 1. The summed E-state index contributed by atoms with van der Waals surface area (Å²) in [5.74, 6) is 0. The van der Waals surface area contributed by atoms with Crippen molar-refractivity contribution in [3.63, 3.8) is 0 Å². The predicted octanol–water partition coefficient (Wildman–Crippen LogP) is 2.88. The fourth-order valence-electron chi connectivity index (χ4n) is 1.47. The smallest absolute Gasteiger partial charge is 0.130 e. The van der Waals surface area contributed by atoms with E-state index in [-0.39, 0.29) is 0 Å². The summed E-state index contributed by atoms with van der Waals surface area (Å²) in [6.45, 7) is 0. The molecule has 86 valence electrons. The van der Waals surface area contributed by atoms with Gasteiger partial charge in [-0.15, -0.1) is 0 Å². The maximum Gasteiger partial charge on any atom is 0.130 e. The topological polar surface area (TPSA) is 29.2 Å². The molecule has 2 rings (SSSR count). The Bertz CT molecular complexity index is 487. The van der Waals surface area contributed by atoms with Crippen LogP contribution < -0.4 is 4.90 Å². The van der Waals surface area contributed by atoms with Crippen LogP contribution in [0.15, 0.2) is 64.8 Å². The summed E-state index contributed by atoms with van der Waals surface area (Å²) >= 11 is 0. The molecule has 0 atom stereocenters. The zero-order chi connectivity index (χ0) is 12.1. The Balaban J connectivity index is 2.12. The Kier molecular flexibility index (Phi) is 3.62. The van der Waals surface area contributed by atoms with E-state index in [1.54, 1.807) is 0 Å². The number of nitrogens with zero attached hydrogens (tertiary/aromatic N) is 2. The maximum absolute atomic E-state index is 4.19. The normalized spacial score (nSPS) is 11.2. The molecule has 0 aliphatic rings. The number of hydrogen-bond acceptors (Lipinski definition) is 2. The summed E-state index contributed by atoms with van der Waals surface area (Å²) in [6, 6.07) is 17.8. The fraction of sp³-hybridized carbons (Fsp3) is 0.143. The standard InChI is InChI=1S/C14H15N3/c1-17(2)14-10-8-13(9-11-14)16-15-12-6-4-3-5-7-12/h3-11H,1-2H3/p+1. The highest BCUT2D eigenvalue weighted by Crippen LogP contribution is 2.18. The number of quaternary nitrogens is 1. The minimum atomic E-state index is 0.870. The molecule has 3 heteroatoms. The molecule has 0 heterocycles. The predicted molar refractivity (Wildman–Crippen MR) is 69.5 cm³/mol. The van der Waals surface area contributed by atoms with Crippen molar-refractivity contribution in [3.05, 3.63) is 54.6 Å². The zero-order valence-corrected chi connectivity index (χ0v) is 10.1. The highest BCUT2D eigenvalue weighted by atomic mass is 15.1. The Morgan fingerprint density at radius 2 is 1.24 bits per heavy atom. The lowest BCUT2D eigenvalue weighted by molar-refractivity contribution is -0.786. The third-order valence-electron chi connectivity index (χ3n) is 2.48. The Hall–Kier alpha value is -2.00. The van der Waals surface area contributed by atoms with Crippen molar-refractivity contribution in [2.45, 2.75) is 0 Å². The van der Waals surface area contributed by atoms with Crippen molar-refractivity contribution in [2.24, 2.45) is 10.2 Å². The van der Waals surface area contributed by atoms with Gasteiger partial charge in [-0.1, -0.05) is 18.2 Å². The van der Waals surface area contributed by atoms with Gasteiger partial charge < -0.3 is 4.90 Å². The van der Waals surface area contributed by atoms with E-state index in [1.165, 1.54) is 10.6 Å². The van der Waals surface area contributed by atoms with Crippen LogP contribution >= 0.6 is 0 Å². The van der Waals surface area contributed by atoms with Crippen LogP contribution in [0.3, 0.4) is 0 Å². The zero-order valence-electron chi connectivity index (χ0n) is 10.1. The van der Waals surface area contributed by atoms with Gasteiger partial charge in [-0.2, -0.15) is 10.2 Å². The number of rotatable bonds is 3. The molecule has 0 unspecified atom stereocenters. The first kappa shape index (κ1) is 11.5. The van der Waals surface area contributed by atoms with Crippen LogP contribution in [0.1, 0.15) is 0 Å². The molecular weight excluding hydrogens is 210 g/mol. The van der Waals surface area contributed by atoms with Crippen LogP contribution in [0.2, 0.25) is 0 Å². The molecule has 0 radical (unpaired) electrons. The Labute approximate surface area is 101 Å². The average molecular weight is 226 g/mol. The van der Waals surface area contributed by atoms with E-state index in [2.05, 4.69) is 36.5 Å². The lowest BCUT2D eigenvalue weighted by Crippen LogP contribution is -3.00. The van der Waals surface area contributed by atoms with Crippen LogP contribution in [0.25, 0.3) is 0 Å². The Morgan fingerprint density at radius 3 is 1.76 bits per heavy atom. The van der Waals surface area contributed by atoms with E-state index in [4.69, 9.17) is 0 Å². The first-order chi connectivity index (χ1) is 8.25. The first-order valence-corrected chi connectivity index (χ1v) is 5.63. The minimum absolute atomic E-state index is 0.870. The van der Waals surface area contributed by atoms with Crippen molar-refractivity contribution < 1.29 is 4.90 Å². The SMILES string of the molecule is C[NH+](C)c1ccc(N=Nc2ccccc2)cc1. The number of nitrogens with one attached hydrogen (secondary N) is 1. The molecule has 0 fully saturated rings. The maximum atomic E-state index is 4.19. The quantitative estimate of drug-likeness (QED) is 0.780. The average Bonchev–Trinajstić information content (AvgIpc) is 2.38. The van der Waals surface area contributed by atoms with Crippen LogP contribution in [0.5, 0.6) is 0 Å². The molecule has 2 aromatic carbocycles. The molecule has 0 amide bonds. The number of azo groups is 1. The van der Waals surface area contributed by atoms with Gasteiger partial charge in [0.1, 0.15) is 5.69 Å². The van der Waals surface area contributed by atoms with Crippen molar-refractivity contribution >= 4 is 17.1 Å².